The molecule has 1 atom stereocenters. The second-order valence-electron chi connectivity index (χ2n) is 10.3. The second-order valence-corrected chi connectivity index (χ2v) is 10.3. The molecular formula is C28H28N6O4. The molecule has 0 saturated carbocycles. The molecule has 0 unspecified atom stereocenters. The number of furan rings is 1. The number of aromatic nitrogens is 5. The molecule has 1 aliphatic heterocycles. The molecule has 0 aliphatic carbocycles. The van der Waals surface area contributed by atoms with Crippen LogP contribution in [0.1, 0.15) is 49.5 Å². The predicted octanol–water partition coefficient (Wildman–Crippen LogP) is 4.38. The first kappa shape index (κ1) is 23.9. The molecule has 1 aliphatic rings. The van der Waals surface area contributed by atoms with Gasteiger partial charge in [-0.25, -0.2) is 4.68 Å². The minimum absolute atomic E-state index is 0.153. The molecule has 38 heavy (non-hydrogen) atoms. The average molecular weight is 513 g/mol. The smallest absolute Gasteiger partial charge is 0.253 e. The van der Waals surface area contributed by atoms with Crippen molar-refractivity contribution in [3.05, 3.63) is 100.0 Å². The number of rotatable bonds is 7. The summed E-state index contributed by atoms with van der Waals surface area (Å²) in [6.07, 6.45) is 1.65. The van der Waals surface area contributed by atoms with Crippen molar-refractivity contribution >= 4 is 10.9 Å². The van der Waals surface area contributed by atoms with Crippen LogP contribution in [0.2, 0.25) is 0 Å². The third-order valence-electron chi connectivity index (χ3n) is 6.57. The van der Waals surface area contributed by atoms with E-state index in [9.17, 15) is 4.79 Å². The Labute approximate surface area is 218 Å². The Morgan fingerprint density at radius 3 is 2.55 bits per heavy atom. The number of hydrogen-bond acceptors (Lipinski definition) is 8. The Morgan fingerprint density at radius 2 is 1.82 bits per heavy atom. The highest BCUT2D eigenvalue weighted by Gasteiger charge is 2.34. The molecular weight excluding hydrogens is 484 g/mol. The lowest BCUT2D eigenvalue weighted by molar-refractivity contribution is 0.171. The first-order valence-electron chi connectivity index (χ1n) is 12.4. The van der Waals surface area contributed by atoms with Crippen molar-refractivity contribution < 1.29 is 13.9 Å². The van der Waals surface area contributed by atoms with Crippen LogP contribution in [-0.2, 0) is 18.6 Å². The Hall–Kier alpha value is -4.44. The van der Waals surface area contributed by atoms with Gasteiger partial charge in [0, 0.05) is 23.6 Å². The largest absolute Gasteiger partial charge is 0.468 e. The molecule has 4 heterocycles. The molecule has 0 radical (unpaired) electrons. The van der Waals surface area contributed by atoms with E-state index in [0.717, 1.165) is 16.7 Å². The molecule has 3 aromatic heterocycles. The molecule has 194 valence electrons. The number of nitrogens with one attached hydrogen (secondary N) is 1. The molecule has 0 spiro atoms. The molecule has 5 aromatic rings. The Bertz CT molecular complexity index is 1620. The lowest BCUT2D eigenvalue weighted by Crippen LogP contribution is -2.37. The fourth-order valence-corrected chi connectivity index (χ4v) is 4.82. The Morgan fingerprint density at radius 1 is 1.03 bits per heavy atom. The average Bonchev–Trinajstić information content (AvgIpc) is 3.66. The minimum Gasteiger partial charge on any atom is -0.468 e. The lowest BCUT2D eigenvalue weighted by atomic mass is 10.0. The maximum Gasteiger partial charge on any atom is 0.253 e. The number of aromatic amines is 1. The van der Waals surface area contributed by atoms with Gasteiger partial charge in [0.15, 0.2) is 17.3 Å². The third-order valence-corrected chi connectivity index (χ3v) is 6.57. The van der Waals surface area contributed by atoms with E-state index in [1.165, 1.54) is 0 Å². The van der Waals surface area contributed by atoms with Crippen molar-refractivity contribution in [1.82, 2.24) is 30.1 Å². The topological polar surface area (TPSA) is 111 Å². The number of fused-ring (bicyclic) bond motifs is 2. The second kappa shape index (κ2) is 9.46. The van der Waals surface area contributed by atoms with Crippen LogP contribution in [0, 0.1) is 0 Å². The SMILES string of the molecule is CC(C)(C)n1nnnc1[C@@H](c1cc2cc3c(cc2[nH]c1=O)OCO3)N(Cc1ccccc1)Cc1ccco1. The standard InChI is InChI=1S/C28H28N6O4/c1-28(2,3)34-26(30-31-32-34)25(33(16-20-10-7-11-36-20)15-18-8-5-4-6-9-18)21-12-19-13-23-24(38-17-37-23)14-22(19)29-27(21)35/h4-14,25H,15-17H2,1-3H3,(H,29,35)/t25-/m1/s1. The molecule has 0 bridgehead atoms. The maximum atomic E-state index is 13.7. The number of ether oxygens (including phenoxy) is 2. The summed E-state index contributed by atoms with van der Waals surface area (Å²) in [5, 5.41) is 13.6. The molecule has 0 amide bonds. The van der Waals surface area contributed by atoms with Crippen LogP contribution >= 0.6 is 0 Å². The van der Waals surface area contributed by atoms with Crippen LogP contribution in [0.5, 0.6) is 11.5 Å². The van der Waals surface area contributed by atoms with Gasteiger partial charge in [-0.05, 0) is 61.0 Å². The van der Waals surface area contributed by atoms with Crippen LogP contribution in [0.3, 0.4) is 0 Å². The zero-order valence-corrected chi connectivity index (χ0v) is 21.4. The number of hydrogen-bond donors (Lipinski definition) is 1. The summed E-state index contributed by atoms with van der Waals surface area (Å²) in [5.41, 5.74) is 1.61. The van der Waals surface area contributed by atoms with Crippen LogP contribution < -0.4 is 15.0 Å². The Kier molecular flexibility index (Phi) is 5.96. The summed E-state index contributed by atoms with van der Waals surface area (Å²) < 4.78 is 18.6. The first-order valence-corrected chi connectivity index (χ1v) is 12.4. The van der Waals surface area contributed by atoms with Gasteiger partial charge in [0.1, 0.15) is 11.8 Å². The van der Waals surface area contributed by atoms with Crippen molar-refractivity contribution in [1.29, 1.82) is 0 Å². The van der Waals surface area contributed by atoms with E-state index in [1.54, 1.807) is 17.0 Å². The molecule has 10 nitrogen and oxygen atoms in total. The van der Waals surface area contributed by atoms with Gasteiger partial charge in [0.05, 0.1) is 23.9 Å². The predicted molar refractivity (Wildman–Crippen MR) is 140 cm³/mol. The number of pyridine rings is 1. The van der Waals surface area contributed by atoms with Crippen molar-refractivity contribution in [3.8, 4) is 11.5 Å². The van der Waals surface area contributed by atoms with Gasteiger partial charge in [-0.1, -0.05) is 30.3 Å². The van der Waals surface area contributed by atoms with E-state index in [2.05, 4.69) is 37.5 Å². The minimum atomic E-state index is -0.590. The van der Waals surface area contributed by atoms with Crippen molar-refractivity contribution in [2.75, 3.05) is 6.79 Å². The van der Waals surface area contributed by atoms with Crippen LogP contribution in [0.4, 0.5) is 0 Å². The van der Waals surface area contributed by atoms with E-state index < -0.39 is 11.6 Å². The molecule has 10 heteroatoms. The number of benzene rings is 2. The van der Waals surface area contributed by atoms with E-state index in [1.807, 2.05) is 63.2 Å². The Balaban J connectivity index is 1.55. The van der Waals surface area contributed by atoms with Crippen LogP contribution in [-0.4, -0.2) is 36.9 Å². The summed E-state index contributed by atoms with van der Waals surface area (Å²) in [6, 6.07) is 18.9. The highest BCUT2D eigenvalue weighted by Crippen LogP contribution is 2.37. The zero-order valence-electron chi connectivity index (χ0n) is 21.4. The van der Waals surface area contributed by atoms with Crippen molar-refractivity contribution in [2.45, 2.75) is 45.4 Å². The van der Waals surface area contributed by atoms with Crippen molar-refractivity contribution in [2.24, 2.45) is 0 Å². The van der Waals surface area contributed by atoms with E-state index in [0.29, 0.717) is 41.5 Å². The third kappa shape index (κ3) is 4.54. The molecule has 0 fully saturated rings. The van der Waals surface area contributed by atoms with Gasteiger partial charge in [-0.2, -0.15) is 0 Å². The van der Waals surface area contributed by atoms with Crippen LogP contribution in [0.15, 0.2) is 76.1 Å². The van der Waals surface area contributed by atoms with Gasteiger partial charge < -0.3 is 18.9 Å². The fraction of sp³-hybridized carbons (Fsp3) is 0.286. The highest BCUT2D eigenvalue weighted by atomic mass is 16.7. The van der Waals surface area contributed by atoms with E-state index in [4.69, 9.17) is 13.9 Å². The highest BCUT2D eigenvalue weighted by molar-refractivity contribution is 5.83. The quantitative estimate of drug-likeness (QED) is 0.342. The van der Waals surface area contributed by atoms with E-state index in [-0.39, 0.29) is 12.4 Å². The van der Waals surface area contributed by atoms with Crippen LogP contribution in [0.25, 0.3) is 10.9 Å². The summed E-state index contributed by atoms with van der Waals surface area (Å²) in [4.78, 5) is 18.9. The van der Waals surface area contributed by atoms with Crippen molar-refractivity contribution in [3.63, 3.8) is 0 Å². The van der Waals surface area contributed by atoms with Gasteiger partial charge >= 0.3 is 0 Å². The fourth-order valence-electron chi connectivity index (χ4n) is 4.82. The van der Waals surface area contributed by atoms with E-state index >= 15 is 0 Å². The molecule has 1 N–H and O–H groups in total. The van der Waals surface area contributed by atoms with Gasteiger partial charge in [0.2, 0.25) is 6.79 Å². The molecule has 0 saturated heterocycles. The zero-order chi connectivity index (χ0) is 26.3. The van der Waals surface area contributed by atoms with Gasteiger partial charge in [0.25, 0.3) is 5.56 Å². The summed E-state index contributed by atoms with van der Waals surface area (Å²) in [5.74, 6) is 2.58. The molecule has 2 aromatic carbocycles. The number of H-pyrrole nitrogens is 1. The molecule has 6 rings (SSSR count). The first-order chi connectivity index (χ1) is 18.4. The van der Waals surface area contributed by atoms with Gasteiger partial charge in [-0.3, -0.25) is 9.69 Å². The normalized spacial score (nSPS) is 13.9. The summed E-state index contributed by atoms with van der Waals surface area (Å²) in [6.45, 7) is 7.21. The lowest BCUT2D eigenvalue weighted by Gasteiger charge is -2.32. The summed E-state index contributed by atoms with van der Waals surface area (Å²) in [7, 11) is 0. The summed E-state index contributed by atoms with van der Waals surface area (Å²) >= 11 is 0. The van der Waals surface area contributed by atoms with Gasteiger partial charge in [-0.15, -0.1) is 5.10 Å². The number of tetrazole rings is 1. The monoisotopic (exact) mass is 512 g/mol. The maximum absolute atomic E-state index is 13.7. The number of nitrogens with zero attached hydrogens (tertiary/aromatic N) is 5.